The Bertz CT molecular complexity index is 502. The highest BCUT2D eigenvalue weighted by atomic mass is 32.2. The number of sulfone groups is 1. The van der Waals surface area contributed by atoms with Gasteiger partial charge in [0.2, 0.25) is 0 Å². The summed E-state index contributed by atoms with van der Waals surface area (Å²) in [5, 5.41) is 10.4. The molecule has 0 amide bonds. The number of aliphatic hydroxyl groups is 1. The van der Waals surface area contributed by atoms with E-state index in [9.17, 15) is 13.5 Å². The van der Waals surface area contributed by atoms with Gasteiger partial charge in [0.15, 0.2) is 9.84 Å². The maximum Gasteiger partial charge on any atom is 0.155 e. The minimum absolute atomic E-state index is 0.213. The normalized spacial score (nSPS) is 24.9. The van der Waals surface area contributed by atoms with Crippen LogP contribution in [0.4, 0.5) is 0 Å². The zero-order chi connectivity index (χ0) is 13.3. The van der Waals surface area contributed by atoms with Gasteiger partial charge in [-0.3, -0.25) is 0 Å². The first-order valence-electron chi connectivity index (χ1n) is 6.22. The SMILES string of the molecule is Cc1nc(CC(O)C2CCCCS2(=O)=O)sc1C. The fourth-order valence-corrected chi connectivity index (χ4v) is 5.34. The molecule has 1 aliphatic heterocycles. The lowest BCUT2D eigenvalue weighted by Crippen LogP contribution is -2.39. The monoisotopic (exact) mass is 289 g/mol. The average molecular weight is 289 g/mol. The number of nitrogens with zero attached hydrogens (tertiary/aromatic N) is 1. The molecule has 1 aromatic rings. The number of hydrogen-bond acceptors (Lipinski definition) is 5. The van der Waals surface area contributed by atoms with Gasteiger partial charge in [-0.2, -0.15) is 0 Å². The topological polar surface area (TPSA) is 67.3 Å². The van der Waals surface area contributed by atoms with Gasteiger partial charge in [0.25, 0.3) is 0 Å². The van der Waals surface area contributed by atoms with Crippen LogP contribution in [-0.4, -0.2) is 35.6 Å². The molecule has 1 aromatic heterocycles. The van der Waals surface area contributed by atoms with E-state index < -0.39 is 21.2 Å². The van der Waals surface area contributed by atoms with Crippen LogP contribution < -0.4 is 0 Å². The third-order valence-corrected chi connectivity index (χ3v) is 6.94. The van der Waals surface area contributed by atoms with Crippen LogP contribution in [0.5, 0.6) is 0 Å². The van der Waals surface area contributed by atoms with Crippen LogP contribution in [0.1, 0.15) is 34.8 Å². The zero-order valence-corrected chi connectivity index (χ0v) is 12.4. The lowest BCUT2D eigenvalue weighted by atomic mass is 10.1. The minimum Gasteiger partial charge on any atom is -0.391 e. The Labute approximate surface area is 112 Å². The number of aliphatic hydroxyl groups excluding tert-OH is 1. The van der Waals surface area contributed by atoms with Crippen molar-refractivity contribution >= 4 is 21.2 Å². The first-order chi connectivity index (χ1) is 8.40. The second-order valence-electron chi connectivity index (χ2n) is 4.92. The molecule has 0 spiro atoms. The highest BCUT2D eigenvalue weighted by Gasteiger charge is 2.35. The standard InChI is InChI=1S/C12H19NO3S2/c1-8-9(2)17-12(13-8)7-10(14)11-5-3-4-6-18(11,15)16/h10-11,14H,3-7H2,1-2H3. The fraction of sp³-hybridized carbons (Fsp3) is 0.750. The van der Waals surface area contributed by atoms with Gasteiger partial charge < -0.3 is 5.11 Å². The second-order valence-corrected chi connectivity index (χ2v) is 8.55. The summed E-state index contributed by atoms with van der Waals surface area (Å²) in [5.41, 5.74) is 0.966. The molecule has 0 radical (unpaired) electrons. The van der Waals surface area contributed by atoms with E-state index in [1.54, 1.807) is 11.3 Å². The van der Waals surface area contributed by atoms with Gasteiger partial charge in [-0.05, 0) is 26.7 Å². The first kappa shape index (κ1) is 14.0. The molecule has 6 heteroatoms. The largest absolute Gasteiger partial charge is 0.391 e. The van der Waals surface area contributed by atoms with Crippen molar-refractivity contribution in [3.63, 3.8) is 0 Å². The van der Waals surface area contributed by atoms with Gasteiger partial charge in [0.1, 0.15) is 0 Å². The quantitative estimate of drug-likeness (QED) is 0.918. The number of aryl methyl sites for hydroxylation is 2. The van der Waals surface area contributed by atoms with E-state index in [2.05, 4.69) is 4.98 Å². The summed E-state index contributed by atoms with van der Waals surface area (Å²) in [6.07, 6.45) is 1.72. The third-order valence-electron chi connectivity index (χ3n) is 3.51. The van der Waals surface area contributed by atoms with Crippen molar-refractivity contribution in [3.8, 4) is 0 Å². The van der Waals surface area contributed by atoms with E-state index in [4.69, 9.17) is 0 Å². The van der Waals surface area contributed by atoms with E-state index in [0.29, 0.717) is 12.8 Å². The van der Waals surface area contributed by atoms with Crippen LogP contribution in [0.15, 0.2) is 0 Å². The molecular formula is C12H19NO3S2. The molecule has 1 aliphatic rings. The molecule has 2 unspecified atom stereocenters. The highest BCUT2D eigenvalue weighted by Crippen LogP contribution is 2.25. The van der Waals surface area contributed by atoms with E-state index >= 15 is 0 Å². The molecular weight excluding hydrogens is 270 g/mol. The summed E-state index contributed by atoms with van der Waals surface area (Å²) < 4.78 is 23.8. The van der Waals surface area contributed by atoms with Gasteiger partial charge in [0.05, 0.1) is 27.8 Å². The van der Waals surface area contributed by atoms with Crippen LogP contribution in [0.25, 0.3) is 0 Å². The Morgan fingerprint density at radius 2 is 2.17 bits per heavy atom. The summed E-state index contributed by atoms with van der Waals surface area (Å²) in [5.74, 6) is 0.213. The zero-order valence-electron chi connectivity index (χ0n) is 10.7. The number of aromatic nitrogens is 1. The van der Waals surface area contributed by atoms with Crippen LogP contribution in [0.2, 0.25) is 0 Å². The van der Waals surface area contributed by atoms with Crippen LogP contribution in [-0.2, 0) is 16.3 Å². The third kappa shape index (κ3) is 2.92. The Kier molecular flexibility index (Phi) is 4.08. The lowest BCUT2D eigenvalue weighted by Gasteiger charge is -2.26. The first-order valence-corrected chi connectivity index (χ1v) is 8.76. The van der Waals surface area contributed by atoms with Gasteiger partial charge in [-0.25, -0.2) is 13.4 Å². The smallest absolute Gasteiger partial charge is 0.155 e. The van der Waals surface area contributed by atoms with E-state index in [1.165, 1.54) is 0 Å². The van der Waals surface area contributed by atoms with E-state index in [-0.39, 0.29) is 5.75 Å². The van der Waals surface area contributed by atoms with Crippen molar-refractivity contribution in [1.29, 1.82) is 0 Å². The predicted octanol–water partition coefficient (Wildman–Crippen LogP) is 1.63. The van der Waals surface area contributed by atoms with E-state index in [1.807, 2.05) is 13.8 Å². The molecule has 102 valence electrons. The van der Waals surface area contributed by atoms with Crippen molar-refractivity contribution in [2.45, 2.75) is 50.9 Å². The van der Waals surface area contributed by atoms with Crippen molar-refractivity contribution in [3.05, 3.63) is 15.6 Å². The van der Waals surface area contributed by atoms with Crippen molar-refractivity contribution in [1.82, 2.24) is 4.98 Å². The fourth-order valence-electron chi connectivity index (χ4n) is 2.35. The van der Waals surface area contributed by atoms with Gasteiger partial charge >= 0.3 is 0 Å². The van der Waals surface area contributed by atoms with E-state index in [0.717, 1.165) is 28.4 Å². The molecule has 0 bridgehead atoms. The number of hydrogen-bond donors (Lipinski definition) is 1. The molecule has 0 aromatic carbocycles. The summed E-state index contributed by atoms with van der Waals surface area (Å²) in [4.78, 5) is 5.48. The van der Waals surface area contributed by atoms with Crippen molar-refractivity contribution in [2.24, 2.45) is 0 Å². The molecule has 0 saturated carbocycles. The summed E-state index contributed by atoms with van der Waals surface area (Å²) in [6.45, 7) is 3.92. The number of thiazole rings is 1. The molecule has 2 heterocycles. The van der Waals surface area contributed by atoms with Crippen molar-refractivity contribution < 1.29 is 13.5 Å². The van der Waals surface area contributed by atoms with Gasteiger partial charge in [0, 0.05) is 11.3 Å². The minimum atomic E-state index is -3.12. The maximum atomic E-state index is 11.9. The summed E-state index contributed by atoms with van der Waals surface area (Å²) in [6, 6.07) is 0. The van der Waals surface area contributed by atoms with Crippen LogP contribution in [0, 0.1) is 13.8 Å². The molecule has 2 atom stereocenters. The van der Waals surface area contributed by atoms with Gasteiger partial charge in [-0.1, -0.05) is 6.42 Å². The molecule has 1 saturated heterocycles. The highest BCUT2D eigenvalue weighted by molar-refractivity contribution is 7.92. The molecule has 1 N–H and O–H groups in total. The molecule has 18 heavy (non-hydrogen) atoms. The van der Waals surface area contributed by atoms with Crippen LogP contribution >= 0.6 is 11.3 Å². The van der Waals surface area contributed by atoms with Crippen LogP contribution in [0.3, 0.4) is 0 Å². The Hall–Kier alpha value is -0.460. The lowest BCUT2D eigenvalue weighted by molar-refractivity contribution is 0.162. The molecule has 2 rings (SSSR count). The molecule has 1 fully saturated rings. The Morgan fingerprint density at radius 1 is 1.44 bits per heavy atom. The number of rotatable bonds is 3. The molecule has 0 aliphatic carbocycles. The maximum absolute atomic E-state index is 11.9. The summed E-state index contributed by atoms with van der Waals surface area (Å²) in [7, 11) is -3.12. The van der Waals surface area contributed by atoms with Crippen molar-refractivity contribution in [2.75, 3.05) is 5.75 Å². The predicted molar refractivity (Wildman–Crippen MR) is 72.7 cm³/mol. The molecule has 4 nitrogen and oxygen atoms in total. The Balaban J connectivity index is 2.09. The average Bonchev–Trinajstić information content (AvgIpc) is 2.57. The van der Waals surface area contributed by atoms with Gasteiger partial charge in [-0.15, -0.1) is 11.3 Å². The Morgan fingerprint density at radius 3 is 2.72 bits per heavy atom. The second kappa shape index (κ2) is 5.27. The summed E-state index contributed by atoms with van der Waals surface area (Å²) >= 11 is 1.54.